The maximum atomic E-state index is 11.1. The van der Waals surface area contributed by atoms with Crippen LogP contribution in [0.5, 0.6) is 0 Å². The van der Waals surface area contributed by atoms with E-state index in [9.17, 15) is 4.79 Å². The summed E-state index contributed by atoms with van der Waals surface area (Å²) in [6.07, 6.45) is 1.74. The van der Waals surface area contributed by atoms with Gasteiger partial charge in [0.25, 0.3) is 0 Å². The maximum Gasteiger partial charge on any atom is 0.166 e. The van der Waals surface area contributed by atoms with Crippen LogP contribution in [0.4, 0.5) is 0 Å². The first-order valence-electron chi connectivity index (χ1n) is 3.67. The summed E-state index contributed by atoms with van der Waals surface area (Å²) in [7, 11) is 0. The summed E-state index contributed by atoms with van der Waals surface area (Å²) in [4.78, 5) is 11.1. The predicted octanol–water partition coefficient (Wildman–Crippen LogP) is 0.547. The Labute approximate surface area is 66.0 Å². The molecule has 3 nitrogen and oxygen atoms in total. The Bertz CT molecular complexity index is 153. The molecule has 0 aromatic rings. The van der Waals surface area contributed by atoms with E-state index in [2.05, 4.69) is 6.58 Å². The highest BCUT2D eigenvalue weighted by Crippen LogP contribution is 2.05. The minimum atomic E-state index is -0.359. The van der Waals surface area contributed by atoms with Gasteiger partial charge in [0, 0.05) is 6.42 Å². The fraction of sp³-hybridized carbons (Fsp3) is 0.625. The van der Waals surface area contributed by atoms with Gasteiger partial charge in [-0.15, -0.1) is 6.58 Å². The molecule has 0 amide bonds. The molecule has 0 spiro atoms. The minimum Gasteiger partial charge on any atom is -0.378 e. The largest absolute Gasteiger partial charge is 0.378 e. The van der Waals surface area contributed by atoms with Crippen LogP contribution in [0, 0.1) is 0 Å². The molecule has 3 heteroatoms. The maximum absolute atomic E-state index is 11.1. The summed E-state index contributed by atoms with van der Waals surface area (Å²) in [5, 5.41) is 0. The Morgan fingerprint density at radius 2 is 2.64 bits per heavy atom. The van der Waals surface area contributed by atoms with Crippen molar-refractivity contribution < 1.29 is 14.3 Å². The number of rotatable bonds is 3. The van der Waals surface area contributed by atoms with E-state index >= 15 is 0 Å². The van der Waals surface area contributed by atoms with Crippen LogP contribution in [0.1, 0.15) is 6.42 Å². The van der Waals surface area contributed by atoms with Crippen molar-refractivity contribution in [3.63, 3.8) is 0 Å². The summed E-state index contributed by atoms with van der Waals surface area (Å²) in [5.74, 6) is 0.137. The van der Waals surface area contributed by atoms with Gasteiger partial charge in [0.05, 0.1) is 19.8 Å². The summed E-state index contributed by atoms with van der Waals surface area (Å²) >= 11 is 0. The van der Waals surface area contributed by atoms with E-state index in [1.54, 1.807) is 6.08 Å². The second kappa shape index (κ2) is 4.26. The topological polar surface area (TPSA) is 35.5 Å². The van der Waals surface area contributed by atoms with E-state index in [1.165, 1.54) is 0 Å². The number of Topliss-reactive ketones (excluding diaryl/α,β-unsaturated/α-hetero) is 1. The van der Waals surface area contributed by atoms with Gasteiger partial charge < -0.3 is 9.47 Å². The van der Waals surface area contributed by atoms with Crippen molar-refractivity contribution in [2.45, 2.75) is 12.5 Å². The second-order valence-electron chi connectivity index (χ2n) is 2.40. The third-order valence-electron chi connectivity index (χ3n) is 1.54. The SMILES string of the molecule is C=CCO[C@H]1COCCC1=O. The number of carbonyl (C=O) groups is 1. The second-order valence-corrected chi connectivity index (χ2v) is 2.40. The minimum absolute atomic E-state index is 0.137. The molecule has 1 atom stereocenters. The zero-order valence-electron chi connectivity index (χ0n) is 6.41. The van der Waals surface area contributed by atoms with E-state index in [0.29, 0.717) is 26.2 Å². The summed E-state index contributed by atoms with van der Waals surface area (Å²) in [6, 6.07) is 0. The van der Waals surface area contributed by atoms with Crippen LogP contribution in [0.15, 0.2) is 12.7 Å². The summed E-state index contributed by atoms with van der Waals surface area (Å²) in [5.41, 5.74) is 0. The molecule has 1 saturated heterocycles. The molecule has 1 aliphatic rings. The zero-order valence-corrected chi connectivity index (χ0v) is 6.41. The highest BCUT2D eigenvalue weighted by atomic mass is 16.5. The van der Waals surface area contributed by atoms with Crippen molar-refractivity contribution >= 4 is 5.78 Å². The van der Waals surface area contributed by atoms with Gasteiger partial charge >= 0.3 is 0 Å². The van der Waals surface area contributed by atoms with Crippen molar-refractivity contribution in [2.75, 3.05) is 19.8 Å². The molecule has 1 fully saturated rings. The summed E-state index contributed by atoms with van der Waals surface area (Å²) in [6.45, 7) is 4.84. The van der Waals surface area contributed by atoms with Crippen molar-refractivity contribution in [3.8, 4) is 0 Å². The summed E-state index contributed by atoms with van der Waals surface area (Å²) < 4.78 is 10.2. The van der Waals surface area contributed by atoms with Crippen LogP contribution >= 0.6 is 0 Å². The molecule has 11 heavy (non-hydrogen) atoms. The Kier molecular flexibility index (Phi) is 3.26. The van der Waals surface area contributed by atoms with Gasteiger partial charge in [-0.25, -0.2) is 0 Å². The Balaban J connectivity index is 2.29. The van der Waals surface area contributed by atoms with E-state index < -0.39 is 0 Å². The van der Waals surface area contributed by atoms with Crippen LogP contribution < -0.4 is 0 Å². The zero-order chi connectivity index (χ0) is 8.10. The molecule has 0 saturated carbocycles. The van der Waals surface area contributed by atoms with E-state index in [4.69, 9.17) is 9.47 Å². The van der Waals surface area contributed by atoms with Crippen LogP contribution in [-0.4, -0.2) is 31.7 Å². The molecular formula is C8H12O3. The molecule has 0 N–H and O–H groups in total. The van der Waals surface area contributed by atoms with Gasteiger partial charge in [-0.3, -0.25) is 4.79 Å². The Hall–Kier alpha value is -0.670. The first-order chi connectivity index (χ1) is 5.34. The van der Waals surface area contributed by atoms with Gasteiger partial charge in [0.15, 0.2) is 5.78 Å². The lowest BCUT2D eigenvalue weighted by molar-refractivity contribution is -0.141. The van der Waals surface area contributed by atoms with Crippen LogP contribution in [0.25, 0.3) is 0 Å². The van der Waals surface area contributed by atoms with E-state index in [-0.39, 0.29) is 11.9 Å². The van der Waals surface area contributed by atoms with Gasteiger partial charge in [-0.2, -0.15) is 0 Å². The first-order valence-corrected chi connectivity index (χ1v) is 3.67. The number of carbonyl (C=O) groups excluding carboxylic acids is 1. The van der Waals surface area contributed by atoms with Crippen molar-refractivity contribution in [1.82, 2.24) is 0 Å². The first kappa shape index (κ1) is 8.43. The van der Waals surface area contributed by atoms with Gasteiger partial charge in [0.2, 0.25) is 0 Å². The Morgan fingerprint density at radius 3 is 3.27 bits per heavy atom. The van der Waals surface area contributed by atoms with Gasteiger partial charge in [-0.1, -0.05) is 6.08 Å². The third kappa shape index (κ3) is 2.44. The van der Waals surface area contributed by atoms with E-state index in [0.717, 1.165) is 0 Å². The number of hydrogen-bond acceptors (Lipinski definition) is 3. The molecule has 62 valence electrons. The molecule has 0 aliphatic carbocycles. The lowest BCUT2D eigenvalue weighted by Crippen LogP contribution is -2.34. The van der Waals surface area contributed by atoms with Crippen LogP contribution in [0.3, 0.4) is 0 Å². The number of hydrogen-bond donors (Lipinski definition) is 0. The molecule has 0 unspecified atom stereocenters. The van der Waals surface area contributed by atoms with Crippen molar-refractivity contribution in [2.24, 2.45) is 0 Å². The fourth-order valence-electron chi connectivity index (χ4n) is 0.942. The quantitative estimate of drug-likeness (QED) is 0.560. The third-order valence-corrected chi connectivity index (χ3v) is 1.54. The molecule has 1 aliphatic heterocycles. The number of ether oxygens (including phenoxy) is 2. The monoisotopic (exact) mass is 156 g/mol. The number of ketones is 1. The lowest BCUT2D eigenvalue weighted by atomic mass is 10.1. The van der Waals surface area contributed by atoms with Crippen molar-refractivity contribution in [1.29, 1.82) is 0 Å². The molecular weight excluding hydrogens is 144 g/mol. The standard InChI is InChI=1S/C8H12O3/c1-2-4-11-8-6-10-5-3-7(8)9/h2,8H,1,3-6H2/t8-/m0/s1. The van der Waals surface area contributed by atoms with Gasteiger partial charge in [-0.05, 0) is 0 Å². The smallest absolute Gasteiger partial charge is 0.166 e. The Morgan fingerprint density at radius 1 is 1.82 bits per heavy atom. The lowest BCUT2D eigenvalue weighted by Gasteiger charge is -2.20. The average molecular weight is 156 g/mol. The fourth-order valence-corrected chi connectivity index (χ4v) is 0.942. The molecule has 0 aromatic heterocycles. The van der Waals surface area contributed by atoms with Crippen LogP contribution in [-0.2, 0) is 14.3 Å². The van der Waals surface area contributed by atoms with E-state index in [1.807, 2.05) is 0 Å². The predicted molar refractivity (Wildman–Crippen MR) is 40.4 cm³/mol. The highest BCUT2D eigenvalue weighted by Gasteiger charge is 2.22. The van der Waals surface area contributed by atoms with Crippen molar-refractivity contribution in [3.05, 3.63) is 12.7 Å². The normalized spacial score (nSPS) is 25.1. The average Bonchev–Trinajstić information content (AvgIpc) is 2.03. The molecule has 0 bridgehead atoms. The molecule has 0 radical (unpaired) electrons. The molecule has 1 rings (SSSR count). The molecule has 1 heterocycles. The van der Waals surface area contributed by atoms with Crippen LogP contribution in [0.2, 0.25) is 0 Å². The highest BCUT2D eigenvalue weighted by molar-refractivity contribution is 5.83. The van der Waals surface area contributed by atoms with Gasteiger partial charge in [0.1, 0.15) is 6.10 Å². The molecule has 0 aromatic carbocycles.